The van der Waals surface area contributed by atoms with E-state index >= 15 is 0 Å². The summed E-state index contributed by atoms with van der Waals surface area (Å²) in [6.45, 7) is 0.785. The summed E-state index contributed by atoms with van der Waals surface area (Å²) in [6.07, 6.45) is 3.51. The molecule has 0 saturated heterocycles. The topological polar surface area (TPSA) is 29.0 Å². The van der Waals surface area contributed by atoms with Crippen molar-refractivity contribution in [2.45, 2.75) is 6.54 Å². The lowest BCUT2D eigenvalue weighted by Crippen LogP contribution is -2.12. The summed E-state index contributed by atoms with van der Waals surface area (Å²) >= 11 is 3.27. The molecule has 11 heavy (non-hydrogen) atoms. The van der Waals surface area contributed by atoms with Gasteiger partial charge in [-0.3, -0.25) is 0 Å². The van der Waals surface area contributed by atoms with Crippen LogP contribution in [0.5, 0.6) is 0 Å². The summed E-state index contributed by atoms with van der Waals surface area (Å²) in [7, 11) is 3.98. The van der Waals surface area contributed by atoms with Crippen LogP contribution < -0.4 is 0 Å². The van der Waals surface area contributed by atoms with Crippen LogP contribution in [0.15, 0.2) is 16.9 Å². The van der Waals surface area contributed by atoms with E-state index in [-0.39, 0.29) is 0 Å². The molecule has 0 radical (unpaired) electrons. The lowest BCUT2D eigenvalue weighted by atomic mass is 10.5. The van der Waals surface area contributed by atoms with Crippen LogP contribution in [0.2, 0.25) is 0 Å². The zero-order valence-corrected chi connectivity index (χ0v) is 8.17. The molecule has 1 aromatic rings. The minimum absolute atomic E-state index is 0.785. The van der Waals surface area contributed by atoms with E-state index in [0.29, 0.717) is 0 Å². The number of nitrogens with zero attached hydrogens (tertiary/aromatic N) is 3. The third-order valence-corrected chi connectivity index (χ3v) is 1.54. The van der Waals surface area contributed by atoms with Crippen molar-refractivity contribution in [3.63, 3.8) is 0 Å². The van der Waals surface area contributed by atoms with Crippen molar-refractivity contribution >= 4 is 15.9 Å². The molecule has 1 rings (SSSR count). The molecule has 0 bridgehead atoms. The lowest BCUT2D eigenvalue weighted by Gasteiger charge is -2.06. The second-order valence-electron chi connectivity index (χ2n) is 2.56. The maximum absolute atomic E-state index is 4.12. The van der Waals surface area contributed by atoms with Crippen molar-refractivity contribution in [1.29, 1.82) is 0 Å². The first kappa shape index (κ1) is 8.62. The fourth-order valence-electron chi connectivity index (χ4n) is 0.704. The van der Waals surface area contributed by atoms with Crippen LogP contribution in [-0.4, -0.2) is 29.0 Å². The molecule has 0 saturated carbocycles. The number of hydrogen-bond acceptors (Lipinski definition) is 3. The molecule has 0 aromatic carbocycles. The molecule has 1 heterocycles. The van der Waals surface area contributed by atoms with Crippen LogP contribution in [0.4, 0.5) is 0 Å². The Bertz CT molecular complexity index is 220. The highest BCUT2D eigenvalue weighted by Crippen LogP contribution is 2.04. The summed E-state index contributed by atoms with van der Waals surface area (Å²) in [5.41, 5.74) is 0. The van der Waals surface area contributed by atoms with E-state index in [4.69, 9.17) is 0 Å². The molecule has 0 atom stereocenters. The van der Waals surface area contributed by atoms with Gasteiger partial charge < -0.3 is 4.90 Å². The number of rotatable bonds is 2. The van der Waals surface area contributed by atoms with Gasteiger partial charge >= 0.3 is 0 Å². The fourth-order valence-corrected chi connectivity index (χ4v) is 0.908. The van der Waals surface area contributed by atoms with E-state index in [2.05, 4.69) is 25.9 Å². The Hall–Kier alpha value is -0.480. The van der Waals surface area contributed by atoms with Crippen molar-refractivity contribution in [1.82, 2.24) is 14.9 Å². The number of aromatic nitrogens is 2. The summed E-state index contributed by atoms with van der Waals surface area (Å²) in [5.74, 6) is 0.846. The van der Waals surface area contributed by atoms with Gasteiger partial charge in [0, 0.05) is 12.4 Å². The van der Waals surface area contributed by atoms with E-state index in [0.717, 1.165) is 16.8 Å². The minimum Gasteiger partial charge on any atom is -0.302 e. The van der Waals surface area contributed by atoms with E-state index in [9.17, 15) is 0 Å². The van der Waals surface area contributed by atoms with Crippen molar-refractivity contribution < 1.29 is 0 Å². The Balaban J connectivity index is 2.66. The molecule has 0 fully saturated rings. The molecule has 0 amide bonds. The first-order chi connectivity index (χ1) is 5.18. The molecule has 60 valence electrons. The lowest BCUT2D eigenvalue weighted by molar-refractivity contribution is 0.390. The van der Waals surface area contributed by atoms with Gasteiger partial charge in [-0.25, -0.2) is 9.97 Å². The largest absolute Gasteiger partial charge is 0.302 e. The maximum atomic E-state index is 4.12. The molecule has 0 aliphatic carbocycles. The van der Waals surface area contributed by atoms with Crippen LogP contribution >= 0.6 is 15.9 Å². The summed E-state index contributed by atoms with van der Waals surface area (Å²) in [4.78, 5) is 10.3. The second kappa shape index (κ2) is 3.78. The quantitative estimate of drug-likeness (QED) is 0.746. The number of hydrogen-bond donors (Lipinski definition) is 0. The van der Waals surface area contributed by atoms with Gasteiger partial charge in [0.1, 0.15) is 5.82 Å². The van der Waals surface area contributed by atoms with Gasteiger partial charge in [-0.15, -0.1) is 0 Å². The molecular weight excluding hydrogens is 206 g/mol. The summed E-state index contributed by atoms with van der Waals surface area (Å²) < 4.78 is 0.917. The van der Waals surface area contributed by atoms with Gasteiger partial charge in [-0.05, 0) is 30.0 Å². The monoisotopic (exact) mass is 215 g/mol. The first-order valence-electron chi connectivity index (χ1n) is 3.29. The zero-order valence-electron chi connectivity index (χ0n) is 6.58. The Morgan fingerprint density at radius 2 is 1.91 bits per heavy atom. The van der Waals surface area contributed by atoms with E-state index in [1.165, 1.54) is 0 Å². The first-order valence-corrected chi connectivity index (χ1v) is 4.09. The third-order valence-electron chi connectivity index (χ3n) is 1.13. The molecule has 1 aromatic heterocycles. The SMILES string of the molecule is CN(C)Cc1ncc(Br)cn1. The normalized spacial score (nSPS) is 10.5. The van der Waals surface area contributed by atoms with Crippen LogP contribution in [0.3, 0.4) is 0 Å². The summed E-state index contributed by atoms with van der Waals surface area (Å²) in [6, 6.07) is 0. The molecule has 4 heteroatoms. The smallest absolute Gasteiger partial charge is 0.142 e. The highest BCUT2D eigenvalue weighted by molar-refractivity contribution is 9.10. The van der Waals surface area contributed by atoms with Gasteiger partial charge in [0.15, 0.2) is 0 Å². The Morgan fingerprint density at radius 1 is 1.36 bits per heavy atom. The van der Waals surface area contributed by atoms with Gasteiger partial charge in [-0.1, -0.05) is 0 Å². The van der Waals surface area contributed by atoms with Crippen molar-refractivity contribution in [3.8, 4) is 0 Å². The molecule has 0 N–H and O–H groups in total. The van der Waals surface area contributed by atoms with Crippen LogP contribution in [0.1, 0.15) is 5.82 Å². The van der Waals surface area contributed by atoms with Crippen molar-refractivity contribution in [3.05, 3.63) is 22.7 Å². The third kappa shape index (κ3) is 2.95. The molecule has 0 aliphatic rings. The predicted octanol–water partition coefficient (Wildman–Crippen LogP) is 1.30. The Morgan fingerprint density at radius 3 is 2.36 bits per heavy atom. The molecular formula is C7H10BrN3. The van der Waals surface area contributed by atoms with Gasteiger partial charge in [-0.2, -0.15) is 0 Å². The zero-order chi connectivity index (χ0) is 8.27. The maximum Gasteiger partial charge on any atom is 0.142 e. The Labute approximate surface area is 74.6 Å². The van der Waals surface area contributed by atoms with Crippen molar-refractivity contribution in [2.24, 2.45) is 0 Å². The molecule has 0 spiro atoms. The second-order valence-corrected chi connectivity index (χ2v) is 3.47. The van der Waals surface area contributed by atoms with E-state index in [1.54, 1.807) is 12.4 Å². The van der Waals surface area contributed by atoms with Crippen LogP contribution in [0, 0.1) is 0 Å². The fraction of sp³-hybridized carbons (Fsp3) is 0.429. The highest BCUT2D eigenvalue weighted by Gasteiger charge is 1.96. The number of halogens is 1. The van der Waals surface area contributed by atoms with Gasteiger partial charge in [0.05, 0.1) is 11.0 Å². The predicted molar refractivity (Wildman–Crippen MR) is 47.1 cm³/mol. The van der Waals surface area contributed by atoms with Crippen LogP contribution in [-0.2, 0) is 6.54 Å². The van der Waals surface area contributed by atoms with Crippen LogP contribution in [0.25, 0.3) is 0 Å². The van der Waals surface area contributed by atoms with Gasteiger partial charge in [0.25, 0.3) is 0 Å². The molecule has 3 nitrogen and oxygen atoms in total. The standard InChI is InChI=1S/C7H10BrN3/c1-11(2)5-7-9-3-6(8)4-10-7/h3-4H,5H2,1-2H3. The molecule has 0 unspecified atom stereocenters. The van der Waals surface area contributed by atoms with E-state index in [1.807, 2.05) is 19.0 Å². The Kier molecular flexibility index (Phi) is 2.96. The average Bonchev–Trinajstić information content (AvgIpc) is 1.93. The minimum atomic E-state index is 0.785. The summed E-state index contributed by atoms with van der Waals surface area (Å²) in [5, 5.41) is 0. The van der Waals surface area contributed by atoms with E-state index < -0.39 is 0 Å². The average molecular weight is 216 g/mol. The van der Waals surface area contributed by atoms with Crippen molar-refractivity contribution in [2.75, 3.05) is 14.1 Å². The molecule has 0 aliphatic heterocycles. The van der Waals surface area contributed by atoms with Gasteiger partial charge in [0.2, 0.25) is 0 Å². The highest BCUT2D eigenvalue weighted by atomic mass is 79.9.